The molecule has 1 heterocycles. The first kappa shape index (κ1) is 15.3. The smallest absolute Gasteiger partial charge is 0.234 e. The average molecular weight is 307 g/mol. The molecule has 0 saturated carbocycles. The molecule has 4 heteroatoms. The van der Waals surface area contributed by atoms with E-state index in [0.717, 1.165) is 5.52 Å². The minimum absolute atomic E-state index is 0.147. The number of aromatic nitrogens is 1. The summed E-state index contributed by atoms with van der Waals surface area (Å²) < 4.78 is 0. The third-order valence-corrected chi connectivity index (χ3v) is 4.25. The molecule has 0 bridgehead atoms. The first-order chi connectivity index (χ1) is 11.2. The molecule has 0 unspecified atom stereocenters. The number of aromatic amines is 1. The first-order valence-corrected chi connectivity index (χ1v) is 7.80. The van der Waals surface area contributed by atoms with Gasteiger partial charge in [0.25, 0.3) is 0 Å². The highest BCUT2D eigenvalue weighted by Gasteiger charge is 2.19. The number of carbonyl (C=O) groups excluding carboxylic acids is 1. The topological polar surface area (TPSA) is 70.9 Å². The summed E-state index contributed by atoms with van der Waals surface area (Å²) in [7, 11) is 0. The molecule has 118 valence electrons. The van der Waals surface area contributed by atoms with E-state index in [2.05, 4.69) is 40.8 Å². The Hall–Kier alpha value is -2.59. The lowest BCUT2D eigenvalue weighted by Crippen LogP contribution is -2.40. The molecule has 3 aromatic rings. The lowest BCUT2D eigenvalue weighted by molar-refractivity contribution is -0.119. The second-order valence-electron chi connectivity index (χ2n) is 5.79. The molecular weight excluding hydrogens is 286 g/mol. The number of amides is 1. The summed E-state index contributed by atoms with van der Waals surface area (Å²) in [6.07, 6.45) is 2.05. The van der Waals surface area contributed by atoms with Crippen molar-refractivity contribution in [2.45, 2.75) is 18.9 Å². The zero-order valence-corrected chi connectivity index (χ0v) is 13.1. The molecule has 0 aliphatic rings. The van der Waals surface area contributed by atoms with Gasteiger partial charge in [0.15, 0.2) is 0 Å². The number of fused-ring (bicyclic) bond motifs is 1. The van der Waals surface area contributed by atoms with E-state index in [1.54, 1.807) is 6.92 Å². The van der Waals surface area contributed by atoms with Crippen LogP contribution in [0.5, 0.6) is 0 Å². The average Bonchev–Trinajstić information content (AvgIpc) is 3.00. The van der Waals surface area contributed by atoms with Gasteiger partial charge in [-0.15, -0.1) is 0 Å². The van der Waals surface area contributed by atoms with E-state index < -0.39 is 0 Å². The zero-order chi connectivity index (χ0) is 16.2. The largest absolute Gasteiger partial charge is 0.368 e. The van der Waals surface area contributed by atoms with Gasteiger partial charge in [0, 0.05) is 29.6 Å². The second kappa shape index (κ2) is 6.67. The van der Waals surface area contributed by atoms with Gasteiger partial charge >= 0.3 is 0 Å². The number of benzene rings is 2. The Balaban J connectivity index is 1.96. The van der Waals surface area contributed by atoms with Crippen molar-refractivity contribution in [3.8, 4) is 0 Å². The number of carbonyl (C=O) groups is 1. The number of rotatable bonds is 6. The second-order valence-corrected chi connectivity index (χ2v) is 5.79. The third kappa shape index (κ3) is 3.27. The van der Waals surface area contributed by atoms with Gasteiger partial charge in [-0.2, -0.15) is 0 Å². The van der Waals surface area contributed by atoms with Crippen molar-refractivity contribution < 1.29 is 4.79 Å². The molecule has 1 amide bonds. The predicted molar refractivity (Wildman–Crippen MR) is 93.2 cm³/mol. The summed E-state index contributed by atoms with van der Waals surface area (Å²) in [6, 6.07) is 18.2. The van der Waals surface area contributed by atoms with Gasteiger partial charge in [-0.1, -0.05) is 48.5 Å². The standard InChI is InChI=1S/C19H21N3O/c1-13(19(20)23)21-11-16(14-7-3-2-4-8-14)17-12-22-18-10-6-5-9-15(17)18/h2-10,12-13,16,21-22H,11H2,1H3,(H2,20,23)/t13-,16-/m1/s1. The highest BCUT2D eigenvalue weighted by molar-refractivity contribution is 5.84. The van der Waals surface area contributed by atoms with Crippen molar-refractivity contribution in [3.05, 3.63) is 71.9 Å². The normalized spacial score (nSPS) is 13.8. The Morgan fingerprint density at radius 1 is 1.13 bits per heavy atom. The molecule has 2 aromatic carbocycles. The molecule has 2 atom stereocenters. The Kier molecular flexibility index (Phi) is 4.44. The summed E-state index contributed by atoms with van der Waals surface area (Å²) in [6.45, 7) is 2.44. The van der Waals surface area contributed by atoms with Gasteiger partial charge < -0.3 is 16.0 Å². The van der Waals surface area contributed by atoms with E-state index in [4.69, 9.17) is 5.73 Å². The molecule has 0 spiro atoms. The van der Waals surface area contributed by atoms with Crippen LogP contribution in [0.1, 0.15) is 24.0 Å². The van der Waals surface area contributed by atoms with Crippen LogP contribution in [0.15, 0.2) is 60.8 Å². The van der Waals surface area contributed by atoms with Crippen molar-refractivity contribution in [2.24, 2.45) is 5.73 Å². The quantitative estimate of drug-likeness (QED) is 0.655. The van der Waals surface area contributed by atoms with Gasteiger partial charge in [0.1, 0.15) is 0 Å². The number of primary amides is 1. The highest BCUT2D eigenvalue weighted by Crippen LogP contribution is 2.30. The fraction of sp³-hybridized carbons (Fsp3) is 0.211. The first-order valence-electron chi connectivity index (χ1n) is 7.80. The monoisotopic (exact) mass is 307 g/mol. The van der Waals surface area contributed by atoms with Crippen LogP contribution in [0.3, 0.4) is 0 Å². The minimum Gasteiger partial charge on any atom is -0.368 e. The Morgan fingerprint density at radius 2 is 1.83 bits per heavy atom. The maximum absolute atomic E-state index is 11.3. The summed E-state index contributed by atoms with van der Waals surface area (Å²) in [5.41, 5.74) is 8.91. The summed E-state index contributed by atoms with van der Waals surface area (Å²) in [5.74, 6) is -0.190. The minimum atomic E-state index is -0.355. The van der Waals surface area contributed by atoms with E-state index in [1.807, 2.05) is 30.3 Å². The lowest BCUT2D eigenvalue weighted by Gasteiger charge is -2.20. The van der Waals surface area contributed by atoms with Gasteiger partial charge in [0.05, 0.1) is 6.04 Å². The van der Waals surface area contributed by atoms with Gasteiger partial charge in [-0.05, 0) is 24.1 Å². The van der Waals surface area contributed by atoms with E-state index in [-0.39, 0.29) is 17.9 Å². The van der Waals surface area contributed by atoms with Crippen molar-refractivity contribution >= 4 is 16.8 Å². The van der Waals surface area contributed by atoms with Crippen LogP contribution in [0.2, 0.25) is 0 Å². The molecular formula is C19H21N3O. The number of nitrogens with two attached hydrogens (primary N) is 1. The number of hydrogen-bond donors (Lipinski definition) is 3. The molecule has 0 fully saturated rings. The molecule has 4 nitrogen and oxygen atoms in total. The Morgan fingerprint density at radius 3 is 2.57 bits per heavy atom. The van der Waals surface area contributed by atoms with Crippen molar-refractivity contribution in [1.29, 1.82) is 0 Å². The fourth-order valence-corrected chi connectivity index (χ4v) is 2.87. The maximum Gasteiger partial charge on any atom is 0.234 e. The third-order valence-electron chi connectivity index (χ3n) is 4.25. The molecule has 0 saturated heterocycles. The van der Waals surface area contributed by atoms with Gasteiger partial charge in [-0.25, -0.2) is 0 Å². The maximum atomic E-state index is 11.3. The molecule has 0 aliphatic heterocycles. The van der Waals surface area contributed by atoms with Gasteiger partial charge in [0.2, 0.25) is 5.91 Å². The molecule has 4 N–H and O–H groups in total. The molecule has 23 heavy (non-hydrogen) atoms. The van der Waals surface area contributed by atoms with Crippen LogP contribution in [-0.2, 0) is 4.79 Å². The van der Waals surface area contributed by atoms with E-state index in [1.165, 1.54) is 16.5 Å². The zero-order valence-electron chi connectivity index (χ0n) is 13.1. The fourth-order valence-electron chi connectivity index (χ4n) is 2.87. The van der Waals surface area contributed by atoms with Crippen LogP contribution in [0.4, 0.5) is 0 Å². The number of para-hydroxylation sites is 1. The summed E-state index contributed by atoms with van der Waals surface area (Å²) in [5, 5.41) is 4.45. The summed E-state index contributed by atoms with van der Waals surface area (Å²) in [4.78, 5) is 14.6. The van der Waals surface area contributed by atoms with Gasteiger partial charge in [-0.3, -0.25) is 4.79 Å². The van der Waals surface area contributed by atoms with Crippen LogP contribution >= 0.6 is 0 Å². The van der Waals surface area contributed by atoms with Crippen LogP contribution in [-0.4, -0.2) is 23.5 Å². The van der Waals surface area contributed by atoms with Crippen molar-refractivity contribution in [1.82, 2.24) is 10.3 Å². The van der Waals surface area contributed by atoms with E-state index in [9.17, 15) is 4.79 Å². The molecule has 3 rings (SSSR count). The SMILES string of the molecule is C[C@@H](NC[C@H](c1ccccc1)c1c[nH]c2ccccc12)C(N)=O. The van der Waals surface area contributed by atoms with Crippen molar-refractivity contribution in [3.63, 3.8) is 0 Å². The molecule has 0 aliphatic carbocycles. The highest BCUT2D eigenvalue weighted by atomic mass is 16.1. The van der Waals surface area contributed by atoms with Crippen LogP contribution in [0, 0.1) is 0 Å². The van der Waals surface area contributed by atoms with Crippen LogP contribution < -0.4 is 11.1 Å². The molecule has 0 radical (unpaired) electrons. The van der Waals surface area contributed by atoms with Crippen molar-refractivity contribution in [2.75, 3.05) is 6.54 Å². The Labute approximate surface area is 135 Å². The summed E-state index contributed by atoms with van der Waals surface area (Å²) >= 11 is 0. The number of hydrogen-bond acceptors (Lipinski definition) is 2. The Bertz CT molecular complexity index is 794. The number of nitrogens with one attached hydrogen (secondary N) is 2. The molecule has 1 aromatic heterocycles. The van der Waals surface area contributed by atoms with E-state index in [0.29, 0.717) is 6.54 Å². The predicted octanol–water partition coefficient (Wildman–Crippen LogP) is 2.76. The van der Waals surface area contributed by atoms with Crippen LogP contribution in [0.25, 0.3) is 10.9 Å². The lowest BCUT2D eigenvalue weighted by atomic mass is 9.90. The van der Waals surface area contributed by atoms with E-state index >= 15 is 0 Å². The number of H-pyrrole nitrogens is 1.